The van der Waals surface area contributed by atoms with Crippen molar-refractivity contribution in [3.8, 4) is 11.3 Å². The Kier molecular flexibility index (Phi) is 2.83. The van der Waals surface area contributed by atoms with Gasteiger partial charge in [0.2, 0.25) is 0 Å². The number of aliphatic hydroxyl groups is 1. The zero-order valence-electron chi connectivity index (χ0n) is 13.6. The van der Waals surface area contributed by atoms with Gasteiger partial charge in [0.05, 0.1) is 30.4 Å². The van der Waals surface area contributed by atoms with Gasteiger partial charge in [0.15, 0.2) is 0 Å². The average Bonchev–Trinajstić information content (AvgIpc) is 3.04. The first-order valence-corrected chi connectivity index (χ1v) is 8.24. The fourth-order valence-corrected chi connectivity index (χ4v) is 4.89. The molecule has 1 fully saturated rings. The molecule has 3 heteroatoms. The van der Waals surface area contributed by atoms with Crippen molar-refractivity contribution < 1.29 is 5.11 Å². The van der Waals surface area contributed by atoms with E-state index in [4.69, 9.17) is 0 Å². The van der Waals surface area contributed by atoms with E-state index in [-0.39, 0.29) is 23.0 Å². The fourth-order valence-electron chi connectivity index (χ4n) is 4.89. The Morgan fingerprint density at radius 3 is 2.77 bits per heavy atom. The quantitative estimate of drug-likeness (QED) is 0.862. The number of fused-ring (bicyclic) bond motifs is 3. The van der Waals surface area contributed by atoms with Crippen molar-refractivity contribution in [2.45, 2.75) is 52.2 Å². The Morgan fingerprint density at radius 1 is 1.18 bits per heavy atom. The largest absolute Gasteiger partial charge is 0.392 e. The summed E-state index contributed by atoms with van der Waals surface area (Å²) in [4.78, 5) is 4.36. The van der Waals surface area contributed by atoms with Crippen LogP contribution in [0.25, 0.3) is 11.3 Å². The molecule has 0 bridgehead atoms. The van der Waals surface area contributed by atoms with Crippen LogP contribution in [-0.2, 0) is 0 Å². The van der Waals surface area contributed by atoms with Crippen LogP contribution in [0.3, 0.4) is 0 Å². The van der Waals surface area contributed by atoms with Crippen LogP contribution in [-0.4, -0.2) is 20.8 Å². The van der Waals surface area contributed by atoms with E-state index in [2.05, 4.69) is 54.6 Å². The normalized spacial score (nSPS) is 32.5. The lowest BCUT2D eigenvalue weighted by Gasteiger charge is -2.51. The lowest BCUT2D eigenvalue weighted by Crippen LogP contribution is -2.50. The van der Waals surface area contributed by atoms with Gasteiger partial charge in [0.25, 0.3) is 0 Å². The average molecular weight is 296 g/mol. The molecular weight excluding hydrogens is 272 g/mol. The van der Waals surface area contributed by atoms with Crippen LogP contribution in [0.1, 0.15) is 51.6 Å². The van der Waals surface area contributed by atoms with Gasteiger partial charge in [-0.15, -0.1) is 0 Å². The molecule has 4 rings (SSSR count). The van der Waals surface area contributed by atoms with Gasteiger partial charge in [0, 0.05) is 11.0 Å². The van der Waals surface area contributed by atoms with E-state index in [1.807, 2.05) is 12.5 Å². The molecule has 2 aliphatic rings. The molecule has 3 atom stereocenters. The predicted octanol–water partition coefficient (Wildman–Crippen LogP) is 4.03. The third kappa shape index (κ3) is 1.69. The van der Waals surface area contributed by atoms with Crippen LogP contribution in [0.2, 0.25) is 0 Å². The van der Waals surface area contributed by atoms with E-state index >= 15 is 0 Å². The van der Waals surface area contributed by atoms with Gasteiger partial charge in [0.1, 0.15) is 0 Å². The number of rotatable bonds is 1. The molecule has 0 saturated heterocycles. The maximum Gasteiger partial charge on any atom is 0.0956 e. The summed E-state index contributed by atoms with van der Waals surface area (Å²) in [6.45, 7) is 6.66. The third-order valence-corrected chi connectivity index (χ3v) is 6.00. The van der Waals surface area contributed by atoms with E-state index in [9.17, 15) is 5.11 Å². The molecule has 0 spiro atoms. The second-order valence-electron chi connectivity index (χ2n) is 7.93. The lowest BCUT2D eigenvalue weighted by atomic mass is 9.58. The number of nitrogens with zero attached hydrogens (tertiary/aromatic N) is 2. The molecule has 1 aliphatic carbocycles. The highest BCUT2D eigenvalue weighted by Crippen LogP contribution is 2.57. The minimum absolute atomic E-state index is 0.0364. The van der Waals surface area contributed by atoms with Crippen molar-refractivity contribution >= 4 is 0 Å². The van der Waals surface area contributed by atoms with Crippen LogP contribution in [0.5, 0.6) is 0 Å². The van der Waals surface area contributed by atoms with E-state index in [0.717, 1.165) is 12.8 Å². The summed E-state index contributed by atoms with van der Waals surface area (Å²) in [5.41, 5.74) is 3.58. The molecule has 1 N–H and O–H groups in total. The lowest BCUT2D eigenvalue weighted by molar-refractivity contribution is -0.100. The molecule has 0 unspecified atom stereocenters. The summed E-state index contributed by atoms with van der Waals surface area (Å²) in [6.07, 6.45) is 6.87. The van der Waals surface area contributed by atoms with Gasteiger partial charge in [-0.25, -0.2) is 4.98 Å². The Bertz CT molecular complexity index is 718. The Labute approximate surface area is 132 Å². The first-order chi connectivity index (χ1) is 10.5. The van der Waals surface area contributed by atoms with Crippen LogP contribution >= 0.6 is 0 Å². The van der Waals surface area contributed by atoms with Crippen LogP contribution in [0, 0.1) is 10.8 Å². The molecule has 22 heavy (non-hydrogen) atoms. The fraction of sp³-hybridized carbons (Fsp3) is 0.526. The van der Waals surface area contributed by atoms with Gasteiger partial charge in [-0.05, 0) is 23.8 Å². The predicted molar refractivity (Wildman–Crippen MR) is 87.5 cm³/mol. The number of hydrogen-bond acceptors (Lipinski definition) is 2. The second-order valence-corrected chi connectivity index (χ2v) is 7.93. The molecule has 2 aromatic rings. The minimum atomic E-state index is -0.319. The van der Waals surface area contributed by atoms with Gasteiger partial charge < -0.3 is 9.67 Å². The highest BCUT2D eigenvalue weighted by atomic mass is 16.3. The molecule has 116 valence electrons. The van der Waals surface area contributed by atoms with Gasteiger partial charge in [-0.1, -0.05) is 51.5 Å². The molecule has 0 radical (unpaired) electrons. The van der Waals surface area contributed by atoms with Crippen molar-refractivity contribution in [1.82, 2.24) is 9.55 Å². The van der Waals surface area contributed by atoms with E-state index in [1.54, 1.807) is 0 Å². The van der Waals surface area contributed by atoms with Crippen LogP contribution in [0.4, 0.5) is 0 Å². The zero-order valence-corrected chi connectivity index (χ0v) is 13.6. The van der Waals surface area contributed by atoms with Crippen molar-refractivity contribution in [3.63, 3.8) is 0 Å². The van der Waals surface area contributed by atoms with Gasteiger partial charge in [-0.2, -0.15) is 0 Å². The summed E-state index contributed by atoms with van der Waals surface area (Å²) < 4.78 is 2.27. The Balaban J connectivity index is 1.89. The van der Waals surface area contributed by atoms with E-state index in [0.29, 0.717) is 0 Å². The summed E-state index contributed by atoms with van der Waals surface area (Å²) in [6, 6.07) is 8.76. The zero-order chi connectivity index (χ0) is 15.5. The summed E-state index contributed by atoms with van der Waals surface area (Å²) in [7, 11) is 0. The smallest absolute Gasteiger partial charge is 0.0956 e. The van der Waals surface area contributed by atoms with Gasteiger partial charge in [-0.3, -0.25) is 0 Å². The number of benzene rings is 1. The third-order valence-electron chi connectivity index (χ3n) is 6.00. The standard InChI is InChI=1S/C19H24N2O/c1-18(2)9-6-10-19(3,17(18)22)16-14-8-5-4-7-13(14)15-11-20-12-21(15)16/h4-5,7-8,11-12,16-17,22H,6,9-10H2,1-3H3/t16-,17+,19+/m1/s1. The molecule has 3 nitrogen and oxygen atoms in total. The van der Waals surface area contributed by atoms with Crippen molar-refractivity contribution in [3.05, 3.63) is 42.4 Å². The minimum Gasteiger partial charge on any atom is -0.392 e. The molecule has 1 aromatic carbocycles. The number of aromatic nitrogens is 2. The molecule has 1 aliphatic heterocycles. The number of hydrogen-bond donors (Lipinski definition) is 1. The molecular formula is C19H24N2O. The Morgan fingerprint density at radius 2 is 1.95 bits per heavy atom. The maximum absolute atomic E-state index is 11.2. The molecule has 1 saturated carbocycles. The summed E-state index contributed by atoms with van der Waals surface area (Å²) in [5.74, 6) is 0. The first kappa shape index (κ1) is 14.0. The first-order valence-electron chi connectivity index (χ1n) is 8.24. The molecule has 1 aromatic heterocycles. The van der Waals surface area contributed by atoms with Crippen molar-refractivity contribution in [2.24, 2.45) is 10.8 Å². The summed E-state index contributed by atoms with van der Waals surface area (Å²) in [5, 5.41) is 11.2. The van der Waals surface area contributed by atoms with Crippen LogP contribution < -0.4 is 0 Å². The van der Waals surface area contributed by atoms with E-state index < -0.39 is 0 Å². The van der Waals surface area contributed by atoms with E-state index in [1.165, 1.54) is 23.2 Å². The maximum atomic E-state index is 11.2. The number of aliphatic hydroxyl groups excluding tert-OH is 1. The van der Waals surface area contributed by atoms with Gasteiger partial charge >= 0.3 is 0 Å². The highest BCUT2D eigenvalue weighted by molar-refractivity contribution is 5.69. The highest BCUT2D eigenvalue weighted by Gasteiger charge is 2.53. The van der Waals surface area contributed by atoms with Crippen molar-refractivity contribution in [2.75, 3.05) is 0 Å². The molecule has 2 heterocycles. The Hall–Kier alpha value is -1.61. The summed E-state index contributed by atoms with van der Waals surface area (Å²) >= 11 is 0. The molecule has 0 amide bonds. The SMILES string of the molecule is CC1(C)CCC[C@@](C)([C@H]2c3ccccc3-c3cncn32)[C@H]1O. The monoisotopic (exact) mass is 296 g/mol. The topological polar surface area (TPSA) is 38.0 Å². The van der Waals surface area contributed by atoms with Crippen molar-refractivity contribution in [1.29, 1.82) is 0 Å². The van der Waals surface area contributed by atoms with Crippen LogP contribution in [0.15, 0.2) is 36.8 Å². The number of imidazole rings is 1. The second kappa shape index (κ2) is 4.45.